The zero-order valence-electron chi connectivity index (χ0n) is 13.9. The summed E-state index contributed by atoms with van der Waals surface area (Å²) >= 11 is 0. The van der Waals surface area contributed by atoms with Crippen molar-refractivity contribution in [2.75, 3.05) is 26.7 Å². The number of hydrogen-bond donors (Lipinski definition) is 1. The minimum absolute atomic E-state index is 0.156. The molecule has 4 heteroatoms. The summed E-state index contributed by atoms with van der Waals surface area (Å²) in [5.41, 5.74) is -0.568. The summed E-state index contributed by atoms with van der Waals surface area (Å²) in [5.74, 6) is 0.771. The van der Waals surface area contributed by atoms with Crippen LogP contribution in [0.4, 0.5) is 0 Å². The molecule has 118 valence electrons. The summed E-state index contributed by atoms with van der Waals surface area (Å²) in [5, 5.41) is 3.36. The number of nitrogens with one attached hydrogen (secondary N) is 1. The molecule has 1 aliphatic rings. The molecule has 0 radical (unpaired) electrons. The van der Waals surface area contributed by atoms with Gasteiger partial charge in [0, 0.05) is 12.6 Å². The van der Waals surface area contributed by atoms with Gasteiger partial charge < -0.3 is 9.64 Å². The van der Waals surface area contributed by atoms with Crippen LogP contribution in [0.1, 0.15) is 53.4 Å². The second-order valence-electron chi connectivity index (χ2n) is 6.56. The largest absolute Gasteiger partial charge is 0.468 e. The number of carbonyl (C=O) groups excluding carboxylic acids is 1. The summed E-state index contributed by atoms with van der Waals surface area (Å²) in [6.07, 6.45) is 4.63. The fourth-order valence-electron chi connectivity index (χ4n) is 2.80. The van der Waals surface area contributed by atoms with E-state index in [4.69, 9.17) is 4.74 Å². The first kappa shape index (κ1) is 17.4. The molecular weight excluding hydrogens is 252 g/mol. The van der Waals surface area contributed by atoms with Crippen molar-refractivity contribution in [3.63, 3.8) is 0 Å². The van der Waals surface area contributed by atoms with Crippen LogP contribution in [-0.2, 0) is 9.53 Å². The summed E-state index contributed by atoms with van der Waals surface area (Å²) < 4.78 is 4.96. The van der Waals surface area contributed by atoms with Gasteiger partial charge in [-0.25, -0.2) is 0 Å². The van der Waals surface area contributed by atoms with Crippen LogP contribution >= 0.6 is 0 Å². The Balaban J connectivity index is 2.41. The van der Waals surface area contributed by atoms with E-state index in [0.29, 0.717) is 0 Å². The maximum atomic E-state index is 12.0. The van der Waals surface area contributed by atoms with Gasteiger partial charge in [-0.3, -0.25) is 10.1 Å². The van der Waals surface area contributed by atoms with E-state index in [1.54, 1.807) is 0 Å². The van der Waals surface area contributed by atoms with Gasteiger partial charge in [-0.1, -0.05) is 6.92 Å². The van der Waals surface area contributed by atoms with E-state index >= 15 is 0 Å². The van der Waals surface area contributed by atoms with Crippen LogP contribution in [0.2, 0.25) is 0 Å². The molecule has 0 saturated heterocycles. The minimum Gasteiger partial charge on any atom is -0.468 e. The van der Waals surface area contributed by atoms with Gasteiger partial charge in [-0.2, -0.15) is 0 Å². The number of methoxy groups -OCH3 is 1. The SMILES string of the molecule is CCN(CCCC(C)(NC(C)C)C(=O)OC)CC1CC1. The number of carbonyl (C=O) groups is 1. The molecule has 0 aromatic rings. The maximum absolute atomic E-state index is 12.0. The third-order valence-corrected chi connectivity index (χ3v) is 4.05. The predicted molar refractivity (Wildman–Crippen MR) is 82.8 cm³/mol. The molecule has 0 aliphatic heterocycles. The van der Waals surface area contributed by atoms with Crippen molar-refractivity contribution in [3.05, 3.63) is 0 Å². The first-order chi connectivity index (χ1) is 9.41. The number of esters is 1. The molecule has 4 nitrogen and oxygen atoms in total. The van der Waals surface area contributed by atoms with Crippen molar-refractivity contribution in [2.45, 2.75) is 65.0 Å². The van der Waals surface area contributed by atoms with Crippen molar-refractivity contribution in [2.24, 2.45) is 5.92 Å². The molecule has 20 heavy (non-hydrogen) atoms. The van der Waals surface area contributed by atoms with E-state index in [-0.39, 0.29) is 12.0 Å². The van der Waals surface area contributed by atoms with Gasteiger partial charge in [0.05, 0.1) is 7.11 Å². The molecule has 0 spiro atoms. The average Bonchev–Trinajstić information content (AvgIpc) is 3.19. The van der Waals surface area contributed by atoms with Gasteiger partial charge in [-0.05, 0) is 65.5 Å². The molecule has 1 rings (SSSR count). The van der Waals surface area contributed by atoms with Crippen LogP contribution in [0, 0.1) is 5.92 Å². The van der Waals surface area contributed by atoms with Crippen LogP contribution < -0.4 is 5.32 Å². The molecule has 0 bridgehead atoms. The molecule has 0 heterocycles. The van der Waals surface area contributed by atoms with E-state index in [1.165, 1.54) is 26.5 Å². The van der Waals surface area contributed by atoms with Crippen LogP contribution in [0.15, 0.2) is 0 Å². The van der Waals surface area contributed by atoms with Gasteiger partial charge in [0.15, 0.2) is 0 Å². The lowest BCUT2D eigenvalue weighted by molar-refractivity contribution is -0.148. The van der Waals surface area contributed by atoms with E-state index in [2.05, 4.69) is 31.0 Å². The molecule has 1 fully saturated rings. The highest BCUT2D eigenvalue weighted by atomic mass is 16.5. The topological polar surface area (TPSA) is 41.6 Å². The normalized spacial score (nSPS) is 18.4. The fraction of sp³-hybridized carbons (Fsp3) is 0.938. The fourth-order valence-corrected chi connectivity index (χ4v) is 2.80. The lowest BCUT2D eigenvalue weighted by Crippen LogP contribution is -2.53. The van der Waals surface area contributed by atoms with Gasteiger partial charge in [0.25, 0.3) is 0 Å². The zero-order valence-corrected chi connectivity index (χ0v) is 13.9. The molecule has 0 aromatic carbocycles. The third kappa shape index (κ3) is 5.80. The van der Waals surface area contributed by atoms with Crippen molar-refractivity contribution in [1.82, 2.24) is 10.2 Å². The van der Waals surface area contributed by atoms with Crippen molar-refractivity contribution < 1.29 is 9.53 Å². The van der Waals surface area contributed by atoms with Crippen LogP contribution in [-0.4, -0.2) is 49.2 Å². The first-order valence-corrected chi connectivity index (χ1v) is 7.99. The summed E-state index contributed by atoms with van der Waals surface area (Å²) in [6.45, 7) is 11.7. The van der Waals surface area contributed by atoms with E-state index in [9.17, 15) is 4.79 Å². The zero-order chi connectivity index (χ0) is 15.2. The molecule has 1 unspecified atom stereocenters. The highest BCUT2D eigenvalue weighted by Gasteiger charge is 2.34. The Hall–Kier alpha value is -0.610. The number of rotatable bonds is 10. The van der Waals surface area contributed by atoms with Gasteiger partial charge in [0.2, 0.25) is 0 Å². The number of ether oxygens (including phenoxy) is 1. The van der Waals surface area contributed by atoms with Crippen molar-refractivity contribution in [1.29, 1.82) is 0 Å². The number of nitrogens with zero attached hydrogens (tertiary/aromatic N) is 1. The lowest BCUT2D eigenvalue weighted by Gasteiger charge is -2.31. The minimum atomic E-state index is -0.568. The Labute approximate surface area is 124 Å². The van der Waals surface area contributed by atoms with Gasteiger partial charge >= 0.3 is 5.97 Å². The number of hydrogen-bond acceptors (Lipinski definition) is 4. The van der Waals surface area contributed by atoms with Crippen molar-refractivity contribution >= 4 is 5.97 Å². The summed E-state index contributed by atoms with van der Waals surface area (Å²) in [7, 11) is 1.47. The molecule has 1 atom stereocenters. The maximum Gasteiger partial charge on any atom is 0.325 e. The summed E-state index contributed by atoms with van der Waals surface area (Å²) in [4.78, 5) is 14.5. The Bertz CT molecular complexity index is 303. The molecule has 1 aliphatic carbocycles. The Morgan fingerprint density at radius 3 is 2.55 bits per heavy atom. The average molecular weight is 284 g/mol. The highest BCUT2D eigenvalue weighted by molar-refractivity contribution is 5.80. The van der Waals surface area contributed by atoms with Gasteiger partial charge in [-0.15, -0.1) is 0 Å². The molecule has 0 aromatic heterocycles. The molecule has 0 amide bonds. The third-order valence-electron chi connectivity index (χ3n) is 4.05. The van der Waals surface area contributed by atoms with Crippen LogP contribution in [0.5, 0.6) is 0 Å². The first-order valence-electron chi connectivity index (χ1n) is 7.99. The van der Waals surface area contributed by atoms with Crippen LogP contribution in [0.25, 0.3) is 0 Å². The van der Waals surface area contributed by atoms with Gasteiger partial charge in [0.1, 0.15) is 5.54 Å². The van der Waals surface area contributed by atoms with Crippen LogP contribution in [0.3, 0.4) is 0 Å². The predicted octanol–water partition coefficient (Wildman–Crippen LogP) is 2.43. The summed E-state index contributed by atoms with van der Waals surface area (Å²) in [6, 6.07) is 0.271. The van der Waals surface area contributed by atoms with E-state index < -0.39 is 5.54 Å². The van der Waals surface area contributed by atoms with E-state index in [1.807, 2.05) is 6.92 Å². The monoisotopic (exact) mass is 284 g/mol. The molecule has 1 saturated carbocycles. The highest BCUT2D eigenvalue weighted by Crippen LogP contribution is 2.29. The quantitative estimate of drug-likeness (QED) is 0.626. The molecular formula is C16H32N2O2. The second-order valence-corrected chi connectivity index (χ2v) is 6.56. The lowest BCUT2D eigenvalue weighted by atomic mass is 9.94. The smallest absolute Gasteiger partial charge is 0.325 e. The Morgan fingerprint density at radius 1 is 1.45 bits per heavy atom. The van der Waals surface area contributed by atoms with E-state index in [0.717, 1.165) is 31.8 Å². The second kappa shape index (κ2) is 7.99. The van der Waals surface area contributed by atoms with Crippen molar-refractivity contribution in [3.8, 4) is 0 Å². The standard InChI is InChI=1S/C16H32N2O2/c1-6-18(12-14-8-9-14)11-7-10-16(4,15(19)20-5)17-13(2)3/h13-14,17H,6-12H2,1-5H3. The Morgan fingerprint density at radius 2 is 2.10 bits per heavy atom. The Kier molecular flexibility index (Phi) is 6.96. The molecule has 1 N–H and O–H groups in total.